The van der Waals surface area contributed by atoms with Crippen LogP contribution in [-0.4, -0.2) is 53.4 Å². The molecule has 0 spiro atoms. The molecule has 2 N–H and O–H groups in total. The van der Waals surface area contributed by atoms with Crippen molar-refractivity contribution >= 4 is 22.5 Å². The number of rotatable bonds is 10. The van der Waals surface area contributed by atoms with Crippen molar-refractivity contribution in [3.05, 3.63) is 30.0 Å². The first-order valence-electron chi connectivity index (χ1n) is 10.3. The maximum absolute atomic E-state index is 13.6. The lowest BCUT2D eigenvalue weighted by molar-refractivity contribution is -0.343. The SMILES string of the molecule is CCCN(CCc1c[nH]c2ccc(NC(=O)C(F)(F)C(F)(F)C(F)(F)F)cc12)CC1CC1. The molecule has 11 heteroatoms. The molecule has 1 aliphatic rings. The van der Waals surface area contributed by atoms with Crippen LogP contribution < -0.4 is 5.32 Å². The molecule has 1 amide bonds. The lowest BCUT2D eigenvalue weighted by Gasteiger charge is -2.27. The number of nitrogens with one attached hydrogen (secondary N) is 2. The van der Waals surface area contributed by atoms with Crippen LogP contribution in [0, 0.1) is 5.92 Å². The molecule has 1 aromatic heterocycles. The number of carbonyl (C=O) groups is 1. The van der Waals surface area contributed by atoms with Crippen LogP contribution in [0.2, 0.25) is 0 Å². The van der Waals surface area contributed by atoms with E-state index < -0.39 is 23.9 Å². The molecule has 0 radical (unpaired) electrons. The zero-order valence-corrected chi connectivity index (χ0v) is 17.3. The number of benzene rings is 1. The Morgan fingerprint density at radius 3 is 2.41 bits per heavy atom. The molecule has 32 heavy (non-hydrogen) atoms. The number of H-pyrrole nitrogens is 1. The van der Waals surface area contributed by atoms with Gasteiger partial charge >= 0.3 is 23.9 Å². The Bertz CT molecular complexity index is 951. The zero-order valence-electron chi connectivity index (χ0n) is 17.3. The van der Waals surface area contributed by atoms with Crippen molar-refractivity contribution < 1.29 is 35.5 Å². The third kappa shape index (κ3) is 5.02. The van der Waals surface area contributed by atoms with Crippen LogP contribution in [0.3, 0.4) is 0 Å². The highest BCUT2D eigenvalue weighted by Gasteiger charge is 2.76. The lowest BCUT2D eigenvalue weighted by atomic mass is 10.1. The van der Waals surface area contributed by atoms with Crippen molar-refractivity contribution in [3.8, 4) is 0 Å². The van der Waals surface area contributed by atoms with Gasteiger partial charge in [-0.1, -0.05) is 6.92 Å². The minimum Gasteiger partial charge on any atom is -0.361 e. The number of hydrogen-bond donors (Lipinski definition) is 2. The summed E-state index contributed by atoms with van der Waals surface area (Å²) in [5.74, 6) is -14.5. The summed E-state index contributed by atoms with van der Waals surface area (Å²) in [5.41, 5.74) is 1.14. The van der Waals surface area contributed by atoms with E-state index in [9.17, 15) is 35.5 Å². The number of nitrogens with zero attached hydrogens (tertiary/aromatic N) is 1. The molecule has 1 fully saturated rings. The van der Waals surface area contributed by atoms with Gasteiger partial charge in [-0.15, -0.1) is 0 Å². The van der Waals surface area contributed by atoms with Crippen LogP contribution in [0.15, 0.2) is 24.4 Å². The summed E-state index contributed by atoms with van der Waals surface area (Å²) in [6.45, 7) is 4.77. The van der Waals surface area contributed by atoms with E-state index in [1.807, 2.05) is 0 Å². The van der Waals surface area contributed by atoms with E-state index in [1.165, 1.54) is 30.3 Å². The fourth-order valence-electron chi connectivity index (χ4n) is 3.55. The molecule has 0 bridgehead atoms. The Labute approximate surface area is 180 Å². The molecule has 1 aliphatic carbocycles. The van der Waals surface area contributed by atoms with E-state index in [2.05, 4.69) is 16.8 Å². The predicted molar refractivity (Wildman–Crippen MR) is 106 cm³/mol. The fourth-order valence-corrected chi connectivity index (χ4v) is 3.55. The quantitative estimate of drug-likeness (QED) is 0.447. The molecule has 0 saturated heterocycles. The number of fused-ring (bicyclic) bond motifs is 1. The number of anilines is 1. The number of alkyl halides is 7. The number of hydrogen-bond acceptors (Lipinski definition) is 2. The third-order valence-electron chi connectivity index (χ3n) is 5.51. The fraction of sp³-hybridized carbons (Fsp3) is 0.571. The summed E-state index contributed by atoms with van der Waals surface area (Å²) < 4.78 is 90.4. The van der Waals surface area contributed by atoms with Gasteiger partial charge in [-0.3, -0.25) is 4.79 Å². The van der Waals surface area contributed by atoms with E-state index >= 15 is 0 Å². The largest absolute Gasteiger partial charge is 0.460 e. The maximum Gasteiger partial charge on any atom is 0.460 e. The Morgan fingerprint density at radius 1 is 1.12 bits per heavy atom. The summed E-state index contributed by atoms with van der Waals surface area (Å²) in [4.78, 5) is 17.0. The van der Waals surface area contributed by atoms with Crippen molar-refractivity contribution in [2.75, 3.05) is 25.0 Å². The van der Waals surface area contributed by atoms with Crippen LogP contribution in [-0.2, 0) is 11.2 Å². The summed E-state index contributed by atoms with van der Waals surface area (Å²) in [6, 6.07) is 3.87. The second-order valence-corrected chi connectivity index (χ2v) is 8.17. The molecule has 1 aromatic carbocycles. The van der Waals surface area contributed by atoms with Gasteiger partial charge in [0.2, 0.25) is 0 Å². The summed E-state index contributed by atoms with van der Waals surface area (Å²) in [6.07, 6.45) is -0.802. The van der Waals surface area contributed by atoms with E-state index in [-0.39, 0.29) is 5.69 Å². The first-order valence-corrected chi connectivity index (χ1v) is 10.3. The molecule has 1 heterocycles. The Hall–Kier alpha value is -2.30. The lowest BCUT2D eigenvalue weighted by Crippen LogP contribution is -2.57. The summed E-state index contributed by atoms with van der Waals surface area (Å²) in [5, 5.41) is 2.06. The van der Waals surface area contributed by atoms with Crippen LogP contribution in [0.1, 0.15) is 31.7 Å². The van der Waals surface area contributed by atoms with Crippen molar-refractivity contribution in [3.63, 3.8) is 0 Å². The highest BCUT2D eigenvalue weighted by Crippen LogP contribution is 2.47. The number of aromatic amines is 1. The molecular formula is C21H24F7N3O. The van der Waals surface area contributed by atoms with Gasteiger partial charge in [-0.05, 0) is 61.9 Å². The van der Waals surface area contributed by atoms with Crippen LogP contribution in [0.5, 0.6) is 0 Å². The van der Waals surface area contributed by atoms with Crippen LogP contribution in [0.4, 0.5) is 36.4 Å². The van der Waals surface area contributed by atoms with Gasteiger partial charge in [0.25, 0.3) is 0 Å². The number of halogens is 7. The van der Waals surface area contributed by atoms with Crippen LogP contribution >= 0.6 is 0 Å². The standard InChI is InChI=1S/C21H24F7N3O/c1-2-8-31(12-13-3-4-13)9-7-14-11-29-17-6-5-15(10-16(14)17)30-18(32)19(22,23)20(24,25)21(26,27)28/h5-6,10-11,13,29H,2-4,7-9,12H2,1H3,(H,30,32). The molecule has 0 aliphatic heterocycles. The van der Waals surface area contributed by atoms with Gasteiger partial charge < -0.3 is 15.2 Å². The van der Waals surface area contributed by atoms with Gasteiger partial charge in [-0.2, -0.15) is 30.7 Å². The summed E-state index contributed by atoms with van der Waals surface area (Å²) in [7, 11) is 0. The number of amides is 1. The van der Waals surface area contributed by atoms with Gasteiger partial charge in [0.05, 0.1) is 0 Å². The Kier molecular flexibility index (Phi) is 6.78. The molecule has 3 rings (SSSR count). The van der Waals surface area contributed by atoms with E-state index in [4.69, 9.17) is 0 Å². The highest BCUT2D eigenvalue weighted by atomic mass is 19.4. The van der Waals surface area contributed by atoms with Crippen LogP contribution in [0.25, 0.3) is 10.9 Å². The average Bonchev–Trinajstić information content (AvgIpc) is 3.43. The van der Waals surface area contributed by atoms with Gasteiger partial charge in [-0.25, -0.2) is 0 Å². The van der Waals surface area contributed by atoms with Crippen molar-refractivity contribution in [2.45, 2.75) is 50.6 Å². The number of carbonyl (C=O) groups excluding carboxylic acids is 1. The van der Waals surface area contributed by atoms with E-state index in [1.54, 1.807) is 6.20 Å². The van der Waals surface area contributed by atoms with E-state index in [0.717, 1.165) is 37.7 Å². The van der Waals surface area contributed by atoms with Crippen molar-refractivity contribution in [2.24, 2.45) is 5.92 Å². The molecule has 1 saturated carbocycles. The van der Waals surface area contributed by atoms with Crippen molar-refractivity contribution in [1.82, 2.24) is 9.88 Å². The zero-order chi connectivity index (χ0) is 23.7. The Balaban J connectivity index is 1.74. The molecule has 0 unspecified atom stereocenters. The second-order valence-electron chi connectivity index (χ2n) is 8.17. The summed E-state index contributed by atoms with van der Waals surface area (Å²) >= 11 is 0. The minimum absolute atomic E-state index is 0.301. The molecule has 2 aromatic rings. The minimum atomic E-state index is -6.57. The normalized spacial score (nSPS) is 15.5. The maximum atomic E-state index is 13.6. The monoisotopic (exact) mass is 467 g/mol. The smallest absolute Gasteiger partial charge is 0.361 e. The average molecular weight is 467 g/mol. The molecule has 0 atom stereocenters. The first-order chi connectivity index (χ1) is 14.9. The second kappa shape index (κ2) is 8.92. The first kappa shape index (κ1) is 24.3. The molecule has 178 valence electrons. The molecular weight excluding hydrogens is 443 g/mol. The molecule has 4 nitrogen and oxygen atoms in total. The highest BCUT2D eigenvalue weighted by molar-refractivity contribution is 5.99. The van der Waals surface area contributed by atoms with Gasteiger partial charge in [0, 0.05) is 35.9 Å². The van der Waals surface area contributed by atoms with Gasteiger partial charge in [0.1, 0.15) is 0 Å². The Morgan fingerprint density at radius 2 is 1.81 bits per heavy atom. The third-order valence-corrected chi connectivity index (χ3v) is 5.51. The number of aromatic nitrogens is 1. The van der Waals surface area contributed by atoms with Crippen molar-refractivity contribution in [1.29, 1.82) is 0 Å². The van der Waals surface area contributed by atoms with E-state index in [0.29, 0.717) is 23.2 Å². The predicted octanol–water partition coefficient (Wildman–Crippen LogP) is 5.60. The van der Waals surface area contributed by atoms with Gasteiger partial charge in [0.15, 0.2) is 0 Å². The topological polar surface area (TPSA) is 48.1 Å².